The topological polar surface area (TPSA) is 90.2 Å². The van der Waals surface area contributed by atoms with Gasteiger partial charge in [0.1, 0.15) is 5.54 Å². The Labute approximate surface area is 105 Å². The molecule has 1 aromatic carbocycles. The van der Waals surface area contributed by atoms with Gasteiger partial charge in [-0.05, 0) is 37.6 Å². The lowest BCUT2D eigenvalue weighted by Gasteiger charge is -2.24. The van der Waals surface area contributed by atoms with E-state index >= 15 is 0 Å². The van der Waals surface area contributed by atoms with Crippen LogP contribution in [0.4, 0.5) is 0 Å². The molecule has 0 saturated carbocycles. The molecule has 0 heterocycles. The molecular weight excluding hydrogens is 232 g/mol. The fourth-order valence-electron chi connectivity index (χ4n) is 1.31. The van der Waals surface area contributed by atoms with Gasteiger partial charge in [-0.1, -0.05) is 6.92 Å². The molecule has 1 aromatic rings. The molecule has 1 amide bonds. The number of carbonyl (C=O) groups is 2. The molecule has 0 radical (unpaired) electrons. The lowest BCUT2D eigenvalue weighted by molar-refractivity contribution is -0.143. The van der Waals surface area contributed by atoms with E-state index < -0.39 is 17.4 Å². The maximum Gasteiger partial charge on any atom is 0.329 e. The fraction of sp³-hybridized carbons (Fsp3) is 0.308. The second-order valence-corrected chi connectivity index (χ2v) is 4.13. The summed E-state index contributed by atoms with van der Waals surface area (Å²) in [5.74, 6) is -1.54. The van der Waals surface area contributed by atoms with E-state index in [2.05, 4.69) is 5.32 Å². The summed E-state index contributed by atoms with van der Waals surface area (Å²) in [5, 5.41) is 20.2. The normalized spacial score (nSPS) is 13.2. The predicted molar refractivity (Wildman–Crippen MR) is 65.0 cm³/mol. The zero-order valence-corrected chi connectivity index (χ0v) is 10.2. The van der Waals surface area contributed by atoms with E-state index in [-0.39, 0.29) is 6.42 Å². The predicted octanol–water partition coefficient (Wildman–Crippen LogP) is 1.54. The number of benzene rings is 1. The van der Waals surface area contributed by atoms with E-state index in [0.29, 0.717) is 11.1 Å². The highest BCUT2D eigenvalue weighted by atomic mass is 16.4. The number of nitrogens with zero attached hydrogens (tertiary/aromatic N) is 1. The zero-order chi connectivity index (χ0) is 13.8. The number of hydrogen-bond acceptors (Lipinski definition) is 3. The number of carboxylic acids is 1. The van der Waals surface area contributed by atoms with E-state index in [1.54, 1.807) is 6.92 Å². The third-order valence-corrected chi connectivity index (χ3v) is 2.84. The minimum absolute atomic E-state index is 0.282. The molecule has 94 valence electrons. The second kappa shape index (κ2) is 5.32. The van der Waals surface area contributed by atoms with E-state index in [4.69, 9.17) is 10.4 Å². The minimum atomic E-state index is -1.29. The average molecular weight is 246 g/mol. The molecular formula is C13H14N2O3. The molecule has 1 unspecified atom stereocenters. The third-order valence-electron chi connectivity index (χ3n) is 2.84. The Balaban J connectivity index is 2.88. The summed E-state index contributed by atoms with van der Waals surface area (Å²) in [6.45, 7) is 3.14. The van der Waals surface area contributed by atoms with Gasteiger partial charge in [-0.3, -0.25) is 4.79 Å². The Morgan fingerprint density at radius 1 is 1.39 bits per heavy atom. The molecule has 0 aliphatic carbocycles. The van der Waals surface area contributed by atoms with Gasteiger partial charge in [0.05, 0.1) is 11.6 Å². The van der Waals surface area contributed by atoms with Crippen LogP contribution >= 0.6 is 0 Å². The molecule has 0 aliphatic rings. The van der Waals surface area contributed by atoms with Crippen molar-refractivity contribution in [2.45, 2.75) is 25.8 Å². The van der Waals surface area contributed by atoms with Crippen molar-refractivity contribution in [2.24, 2.45) is 0 Å². The van der Waals surface area contributed by atoms with Crippen LogP contribution in [0.5, 0.6) is 0 Å². The molecule has 0 bridgehead atoms. The van der Waals surface area contributed by atoms with Crippen molar-refractivity contribution in [3.63, 3.8) is 0 Å². The van der Waals surface area contributed by atoms with Crippen LogP contribution in [0.15, 0.2) is 24.3 Å². The molecule has 0 aromatic heterocycles. The standard InChI is InChI=1S/C13H14N2O3/c1-3-13(2,12(17)18)15-11(16)10-6-4-9(8-14)5-7-10/h4-7H,3H2,1-2H3,(H,15,16)(H,17,18). The SMILES string of the molecule is CCC(C)(NC(=O)c1ccc(C#N)cc1)C(=O)O. The summed E-state index contributed by atoms with van der Waals surface area (Å²) >= 11 is 0. The Bertz CT molecular complexity index is 502. The van der Waals surface area contributed by atoms with E-state index in [1.807, 2.05) is 6.07 Å². The molecule has 0 fully saturated rings. The van der Waals surface area contributed by atoms with Crippen molar-refractivity contribution in [2.75, 3.05) is 0 Å². The third kappa shape index (κ3) is 2.86. The van der Waals surface area contributed by atoms with E-state index in [0.717, 1.165) is 0 Å². The van der Waals surface area contributed by atoms with Crippen LogP contribution in [0.25, 0.3) is 0 Å². The van der Waals surface area contributed by atoms with Crippen LogP contribution in [0.1, 0.15) is 36.2 Å². The molecule has 2 N–H and O–H groups in total. The summed E-state index contributed by atoms with van der Waals surface area (Å²) in [4.78, 5) is 22.9. The number of amides is 1. The number of aliphatic carboxylic acids is 1. The van der Waals surface area contributed by atoms with Gasteiger partial charge in [0.2, 0.25) is 0 Å². The number of hydrogen-bond donors (Lipinski definition) is 2. The van der Waals surface area contributed by atoms with Crippen LogP contribution in [0, 0.1) is 11.3 Å². The highest BCUT2D eigenvalue weighted by molar-refractivity contribution is 5.97. The van der Waals surface area contributed by atoms with Crippen LogP contribution in [0.3, 0.4) is 0 Å². The van der Waals surface area contributed by atoms with E-state index in [9.17, 15) is 9.59 Å². The Morgan fingerprint density at radius 2 is 1.94 bits per heavy atom. The Morgan fingerprint density at radius 3 is 2.33 bits per heavy atom. The Hall–Kier alpha value is -2.35. The van der Waals surface area contributed by atoms with Gasteiger partial charge in [-0.15, -0.1) is 0 Å². The maximum atomic E-state index is 11.9. The summed E-state index contributed by atoms with van der Waals surface area (Å²) in [5.41, 5.74) is -0.511. The van der Waals surface area contributed by atoms with Crippen molar-refractivity contribution in [1.29, 1.82) is 5.26 Å². The van der Waals surface area contributed by atoms with Gasteiger partial charge >= 0.3 is 5.97 Å². The second-order valence-electron chi connectivity index (χ2n) is 4.13. The summed E-state index contributed by atoms with van der Waals surface area (Å²) in [7, 11) is 0. The van der Waals surface area contributed by atoms with Crippen LogP contribution in [-0.2, 0) is 4.79 Å². The molecule has 1 rings (SSSR count). The quantitative estimate of drug-likeness (QED) is 0.843. The summed E-state index contributed by atoms with van der Waals surface area (Å²) < 4.78 is 0. The van der Waals surface area contributed by atoms with Gasteiger partial charge in [-0.2, -0.15) is 5.26 Å². The van der Waals surface area contributed by atoms with Gasteiger partial charge in [0.15, 0.2) is 0 Å². The first-order valence-corrected chi connectivity index (χ1v) is 5.49. The summed E-state index contributed by atoms with van der Waals surface area (Å²) in [6.07, 6.45) is 0.282. The monoisotopic (exact) mass is 246 g/mol. The van der Waals surface area contributed by atoms with Crippen LogP contribution in [-0.4, -0.2) is 22.5 Å². The highest BCUT2D eigenvalue weighted by Crippen LogP contribution is 2.11. The molecule has 0 spiro atoms. The number of carbonyl (C=O) groups excluding carboxylic acids is 1. The van der Waals surface area contributed by atoms with Crippen molar-refractivity contribution >= 4 is 11.9 Å². The van der Waals surface area contributed by atoms with Crippen molar-refractivity contribution in [1.82, 2.24) is 5.32 Å². The van der Waals surface area contributed by atoms with E-state index in [1.165, 1.54) is 31.2 Å². The molecule has 0 saturated heterocycles. The maximum absolute atomic E-state index is 11.9. The van der Waals surface area contributed by atoms with Crippen LogP contribution < -0.4 is 5.32 Å². The molecule has 18 heavy (non-hydrogen) atoms. The lowest BCUT2D eigenvalue weighted by Crippen LogP contribution is -2.51. The number of rotatable bonds is 4. The number of nitrogens with one attached hydrogen (secondary N) is 1. The van der Waals surface area contributed by atoms with Crippen LogP contribution in [0.2, 0.25) is 0 Å². The van der Waals surface area contributed by atoms with Gasteiger partial charge in [-0.25, -0.2) is 4.79 Å². The highest BCUT2D eigenvalue weighted by Gasteiger charge is 2.32. The van der Waals surface area contributed by atoms with Crippen molar-refractivity contribution in [3.05, 3.63) is 35.4 Å². The lowest BCUT2D eigenvalue weighted by atomic mass is 9.98. The molecule has 1 atom stereocenters. The Kier molecular flexibility index (Phi) is 4.05. The number of carboxylic acid groups (broad SMARTS) is 1. The van der Waals surface area contributed by atoms with Gasteiger partial charge in [0.25, 0.3) is 5.91 Å². The van der Waals surface area contributed by atoms with Gasteiger partial charge in [0, 0.05) is 5.56 Å². The number of nitriles is 1. The first kappa shape index (κ1) is 13.7. The van der Waals surface area contributed by atoms with Crippen molar-refractivity contribution in [3.8, 4) is 6.07 Å². The van der Waals surface area contributed by atoms with Gasteiger partial charge < -0.3 is 10.4 Å². The molecule has 5 nitrogen and oxygen atoms in total. The zero-order valence-electron chi connectivity index (χ0n) is 10.2. The largest absolute Gasteiger partial charge is 0.480 e. The smallest absolute Gasteiger partial charge is 0.329 e. The summed E-state index contributed by atoms with van der Waals surface area (Å²) in [6, 6.07) is 7.95. The molecule has 5 heteroatoms. The fourth-order valence-corrected chi connectivity index (χ4v) is 1.31. The van der Waals surface area contributed by atoms with Crippen molar-refractivity contribution < 1.29 is 14.7 Å². The first-order chi connectivity index (χ1) is 8.42. The molecule has 0 aliphatic heterocycles. The minimum Gasteiger partial charge on any atom is -0.480 e. The first-order valence-electron chi connectivity index (χ1n) is 5.49. The average Bonchev–Trinajstić information content (AvgIpc) is 2.38.